The zero-order valence-corrected chi connectivity index (χ0v) is 7.21. The topological polar surface area (TPSA) is 38.3 Å². The van der Waals surface area contributed by atoms with Crippen LogP contribution in [0, 0.1) is 5.92 Å². The molecule has 1 N–H and O–H groups in total. The zero-order chi connectivity index (χ0) is 8.39. The van der Waals surface area contributed by atoms with Gasteiger partial charge in [-0.1, -0.05) is 0 Å². The van der Waals surface area contributed by atoms with Gasteiger partial charge in [-0.3, -0.25) is 4.79 Å². The fraction of sp³-hybridized carbons (Fsp3) is 0.889. The lowest BCUT2D eigenvalue weighted by Crippen LogP contribution is -2.32. The highest BCUT2D eigenvalue weighted by Crippen LogP contribution is 2.28. The summed E-state index contributed by atoms with van der Waals surface area (Å²) in [5.74, 6) is 0.553. The van der Waals surface area contributed by atoms with Gasteiger partial charge in [-0.15, -0.1) is 0 Å². The Kier molecular flexibility index (Phi) is 2.30. The Morgan fingerprint density at radius 1 is 1.42 bits per heavy atom. The van der Waals surface area contributed by atoms with Crippen molar-refractivity contribution in [2.75, 3.05) is 13.2 Å². The molecule has 0 radical (unpaired) electrons. The minimum Gasteiger partial charge on any atom is -0.376 e. The molecule has 0 aromatic carbocycles. The minimum atomic E-state index is 0.227. The first-order valence-corrected chi connectivity index (χ1v) is 4.75. The van der Waals surface area contributed by atoms with Crippen LogP contribution in [0.2, 0.25) is 0 Å². The van der Waals surface area contributed by atoms with E-state index in [1.165, 1.54) is 0 Å². The molecule has 1 aliphatic carbocycles. The first-order valence-electron chi connectivity index (χ1n) is 4.75. The number of hydrogen-bond acceptors (Lipinski definition) is 2. The third-order valence-electron chi connectivity index (χ3n) is 2.48. The molecule has 1 heterocycles. The van der Waals surface area contributed by atoms with Crippen LogP contribution in [-0.4, -0.2) is 25.2 Å². The van der Waals surface area contributed by atoms with Gasteiger partial charge >= 0.3 is 0 Å². The molecule has 2 rings (SSSR count). The molecule has 3 heteroatoms. The fourth-order valence-electron chi connectivity index (χ4n) is 1.51. The molecule has 0 bridgehead atoms. The molecular formula is C9H15NO2. The zero-order valence-electron chi connectivity index (χ0n) is 7.21. The Morgan fingerprint density at radius 2 is 2.25 bits per heavy atom. The second-order valence-corrected chi connectivity index (χ2v) is 3.65. The molecule has 1 saturated carbocycles. The molecule has 1 atom stereocenters. The summed E-state index contributed by atoms with van der Waals surface area (Å²) >= 11 is 0. The highest BCUT2D eigenvalue weighted by atomic mass is 16.5. The number of hydrogen-bond donors (Lipinski definition) is 1. The molecule has 1 aliphatic heterocycles. The molecule has 0 aromatic heterocycles. The van der Waals surface area contributed by atoms with Crippen molar-refractivity contribution in [3.8, 4) is 0 Å². The molecule has 1 amide bonds. The summed E-state index contributed by atoms with van der Waals surface area (Å²) in [5, 5.41) is 2.92. The second-order valence-electron chi connectivity index (χ2n) is 3.65. The van der Waals surface area contributed by atoms with Crippen molar-refractivity contribution in [2.45, 2.75) is 31.8 Å². The first kappa shape index (κ1) is 8.05. The van der Waals surface area contributed by atoms with Gasteiger partial charge in [0, 0.05) is 19.1 Å². The van der Waals surface area contributed by atoms with Crippen LogP contribution < -0.4 is 5.32 Å². The lowest BCUT2D eigenvalue weighted by Gasteiger charge is -2.09. The first-order chi connectivity index (χ1) is 5.86. The van der Waals surface area contributed by atoms with Gasteiger partial charge in [0.05, 0.1) is 6.10 Å². The van der Waals surface area contributed by atoms with Gasteiger partial charge in [0.15, 0.2) is 0 Å². The number of nitrogens with one attached hydrogen (secondary N) is 1. The van der Waals surface area contributed by atoms with Gasteiger partial charge in [-0.2, -0.15) is 0 Å². The Bertz CT molecular complexity index is 171. The summed E-state index contributed by atoms with van der Waals surface area (Å²) in [4.78, 5) is 11.2. The van der Waals surface area contributed by atoms with Crippen molar-refractivity contribution < 1.29 is 9.53 Å². The minimum absolute atomic E-state index is 0.227. The Hall–Kier alpha value is -0.570. The van der Waals surface area contributed by atoms with Gasteiger partial charge in [-0.05, 0) is 25.7 Å². The smallest absolute Gasteiger partial charge is 0.223 e. The molecule has 1 saturated heterocycles. The highest BCUT2D eigenvalue weighted by molar-refractivity contribution is 5.80. The molecule has 3 nitrogen and oxygen atoms in total. The van der Waals surface area contributed by atoms with E-state index in [-0.39, 0.29) is 12.0 Å². The third kappa shape index (κ3) is 1.97. The van der Waals surface area contributed by atoms with E-state index in [0.717, 1.165) is 38.8 Å². The van der Waals surface area contributed by atoms with Crippen molar-refractivity contribution in [3.05, 3.63) is 0 Å². The average molecular weight is 169 g/mol. The van der Waals surface area contributed by atoms with Crippen LogP contribution in [-0.2, 0) is 9.53 Å². The maximum atomic E-state index is 11.2. The standard InChI is InChI=1S/C9H15NO2/c11-9(7-3-4-7)10-6-8-2-1-5-12-8/h7-8H,1-6H2,(H,10,11). The van der Waals surface area contributed by atoms with Crippen LogP contribution >= 0.6 is 0 Å². The molecule has 2 fully saturated rings. The Morgan fingerprint density at radius 3 is 2.83 bits per heavy atom. The van der Waals surface area contributed by atoms with E-state index in [1.807, 2.05) is 0 Å². The van der Waals surface area contributed by atoms with Gasteiger partial charge in [0.2, 0.25) is 5.91 Å². The summed E-state index contributed by atoms with van der Waals surface area (Å²) in [6, 6.07) is 0. The summed E-state index contributed by atoms with van der Waals surface area (Å²) < 4.78 is 5.39. The second kappa shape index (κ2) is 3.44. The normalized spacial score (nSPS) is 28.8. The SMILES string of the molecule is O=C(NCC1CCCO1)C1CC1. The van der Waals surface area contributed by atoms with Gasteiger partial charge < -0.3 is 10.1 Å². The molecule has 12 heavy (non-hydrogen) atoms. The van der Waals surface area contributed by atoms with Crippen molar-refractivity contribution >= 4 is 5.91 Å². The third-order valence-corrected chi connectivity index (χ3v) is 2.48. The number of carbonyl (C=O) groups is 1. The summed E-state index contributed by atoms with van der Waals surface area (Å²) in [5.41, 5.74) is 0. The van der Waals surface area contributed by atoms with Crippen molar-refractivity contribution in [2.24, 2.45) is 5.92 Å². The van der Waals surface area contributed by atoms with E-state index in [2.05, 4.69) is 5.32 Å². The van der Waals surface area contributed by atoms with Gasteiger partial charge in [0.1, 0.15) is 0 Å². The van der Waals surface area contributed by atoms with Crippen molar-refractivity contribution in [1.29, 1.82) is 0 Å². The molecule has 0 aromatic rings. The number of rotatable bonds is 3. The van der Waals surface area contributed by atoms with E-state index < -0.39 is 0 Å². The molecule has 1 unspecified atom stereocenters. The maximum absolute atomic E-state index is 11.2. The van der Waals surface area contributed by atoms with E-state index in [4.69, 9.17) is 4.74 Å². The summed E-state index contributed by atoms with van der Waals surface area (Å²) in [7, 11) is 0. The lowest BCUT2D eigenvalue weighted by molar-refractivity contribution is -0.122. The van der Waals surface area contributed by atoms with Crippen LogP contribution in [0.5, 0.6) is 0 Å². The van der Waals surface area contributed by atoms with Gasteiger partial charge in [-0.25, -0.2) is 0 Å². The van der Waals surface area contributed by atoms with Crippen molar-refractivity contribution in [1.82, 2.24) is 5.32 Å². The number of amides is 1. The maximum Gasteiger partial charge on any atom is 0.223 e. The lowest BCUT2D eigenvalue weighted by atomic mass is 10.2. The quantitative estimate of drug-likeness (QED) is 0.675. The van der Waals surface area contributed by atoms with E-state index in [0.29, 0.717) is 5.92 Å². The number of carbonyl (C=O) groups excluding carboxylic acids is 1. The average Bonchev–Trinajstić information content (AvgIpc) is 2.80. The van der Waals surface area contributed by atoms with Crippen LogP contribution in [0.1, 0.15) is 25.7 Å². The van der Waals surface area contributed by atoms with Gasteiger partial charge in [0.25, 0.3) is 0 Å². The summed E-state index contributed by atoms with van der Waals surface area (Å²) in [6.07, 6.45) is 4.69. The van der Waals surface area contributed by atoms with Crippen LogP contribution in [0.15, 0.2) is 0 Å². The van der Waals surface area contributed by atoms with Crippen molar-refractivity contribution in [3.63, 3.8) is 0 Å². The highest BCUT2D eigenvalue weighted by Gasteiger charge is 2.29. The van der Waals surface area contributed by atoms with E-state index in [9.17, 15) is 4.79 Å². The molecular weight excluding hydrogens is 154 g/mol. The predicted octanol–water partition coefficient (Wildman–Crippen LogP) is 0.692. The van der Waals surface area contributed by atoms with E-state index in [1.54, 1.807) is 0 Å². The number of ether oxygens (including phenoxy) is 1. The van der Waals surface area contributed by atoms with Crippen LogP contribution in [0.3, 0.4) is 0 Å². The summed E-state index contributed by atoms with van der Waals surface area (Å²) in [6.45, 7) is 1.58. The fourth-order valence-corrected chi connectivity index (χ4v) is 1.51. The van der Waals surface area contributed by atoms with Crippen LogP contribution in [0.25, 0.3) is 0 Å². The largest absolute Gasteiger partial charge is 0.376 e. The monoisotopic (exact) mass is 169 g/mol. The molecule has 0 spiro atoms. The predicted molar refractivity (Wildman–Crippen MR) is 44.7 cm³/mol. The molecule has 68 valence electrons. The van der Waals surface area contributed by atoms with Crippen LogP contribution in [0.4, 0.5) is 0 Å². The Labute approximate surface area is 72.5 Å². The molecule has 2 aliphatic rings. The van der Waals surface area contributed by atoms with E-state index >= 15 is 0 Å². The Balaban J connectivity index is 1.63.